The van der Waals surface area contributed by atoms with Crippen molar-refractivity contribution in [2.75, 3.05) is 0 Å². The van der Waals surface area contributed by atoms with Gasteiger partial charge < -0.3 is 20.5 Å². The Hall–Kier alpha value is -1.50. The number of amides is 3. The Morgan fingerprint density at radius 2 is 2.16 bits per heavy atom. The Balaban J connectivity index is 1.83. The third-order valence-corrected chi connectivity index (χ3v) is 5.16. The number of carbonyl (C=O) groups is 2. The number of rotatable bonds is 0. The van der Waals surface area contributed by atoms with Crippen LogP contribution >= 0.6 is 15.9 Å². The van der Waals surface area contributed by atoms with Gasteiger partial charge in [-0.25, -0.2) is 4.79 Å². The summed E-state index contributed by atoms with van der Waals surface area (Å²) in [5.41, 5.74) is 0.355. The van der Waals surface area contributed by atoms with Gasteiger partial charge in [0.25, 0.3) is 5.91 Å². The van der Waals surface area contributed by atoms with Crippen LogP contribution < -0.4 is 16.0 Å². The molecule has 3 amide bonds. The van der Waals surface area contributed by atoms with Crippen molar-refractivity contribution in [1.29, 1.82) is 0 Å². The molecule has 2 aliphatic heterocycles. The number of nitrogens with one attached hydrogen (secondary N) is 3. The summed E-state index contributed by atoms with van der Waals surface area (Å²) in [5.74, 6) is -0.0858. The van der Waals surface area contributed by atoms with Crippen molar-refractivity contribution in [2.24, 2.45) is 0 Å². The summed E-state index contributed by atoms with van der Waals surface area (Å²) in [5, 5.41) is 8.93. The van der Waals surface area contributed by atoms with Crippen LogP contribution in [0.15, 0.2) is 16.7 Å². The molecule has 3 heterocycles. The van der Waals surface area contributed by atoms with E-state index in [9.17, 15) is 9.59 Å². The topological polar surface area (TPSA) is 75.2 Å². The monoisotopic (exact) mass is 324 g/mol. The largest absolute Gasteiger partial charge is 0.344 e. The predicted octanol–water partition coefficient (Wildman–Crippen LogP) is 0.748. The Kier molecular flexibility index (Phi) is 1.99. The zero-order chi connectivity index (χ0) is 13.4. The quantitative estimate of drug-likeness (QED) is 0.658. The fourth-order valence-electron chi connectivity index (χ4n) is 3.72. The molecular weight excluding hydrogens is 312 g/mol. The molecule has 1 aromatic rings. The third kappa shape index (κ3) is 1.31. The van der Waals surface area contributed by atoms with Gasteiger partial charge in [-0.05, 0) is 41.4 Å². The molecule has 19 heavy (non-hydrogen) atoms. The van der Waals surface area contributed by atoms with E-state index in [1.807, 2.05) is 23.6 Å². The number of fused-ring (bicyclic) bond motifs is 5. The van der Waals surface area contributed by atoms with Gasteiger partial charge >= 0.3 is 6.03 Å². The molecule has 0 bridgehead atoms. The number of hydrogen-bond acceptors (Lipinski definition) is 2. The van der Waals surface area contributed by atoms with Crippen LogP contribution in [0.3, 0.4) is 0 Å². The van der Waals surface area contributed by atoms with Crippen LogP contribution in [0.25, 0.3) is 0 Å². The fraction of sp³-hybridized carbons (Fsp3) is 0.500. The summed E-state index contributed by atoms with van der Waals surface area (Å²) in [6, 6.07) is 3.56. The molecular formula is C12H13BrN4O2. The standard InChI is InChI=1S/C12H13BrN4O2/c1-12-4-6-8(9(12)15-11(19)16-12)14-10(18)5-2-3-7(13)17(5)6/h2-3,6,8-9H,4H2,1H3,(H,14,18)(H2,15,16,19)/t6-,8-,9-,12+/m1/s1. The highest BCUT2D eigenvalue weighted by Crippen LogP contribution is 2.44. The maximum atomic E-state index is 12.1. The molecule has 4 atom stereocenters. The zero-order valence-electron chi connectivity index (χ0n) is 10.2. The lowest BCUT2D eigenvalue weighted by Gasteiger charge is -2.32. The summed E-state index contributed by atoms with van der Waals surface area (Å²) in [7, 11) is 0. The van der Waals surface area contributed by atoms with Gasteiger partial charge in [-0.15, -0.1) is 0 Å². The van der Waals surface area contributed by atoms with E-state index in [2.05, 4.69) is 31.9 Å². The highest BCUT2D eigenvalue weighted by molar-refractivity contribution is 9.10. The lowest BCUT2D eigenvalue weighted by molar-refractivity contribution is 0.0879. The van der Waals surface area contributed by atoms with Crippen molar-refractivity contribution >= 4 is 27.9 Å². The molecule has 1 saturated carbocycles. The normalized spacial score (nSPS) is 38.9. The predicted molar refractivity (Wildman–Crippen MR) is 70.9 cm³/mol. The summed E-state index contributed by atoms with van der Waals surface area (Å²) in [4.78, 5) is 23.7. The molecule has 0 radical (unpaired) electrons. The maximum absolute atomic E-state index is 12.1. The first-order valence-electron chi connectivity index (χ1n) is 6.26. The zero-order valence-corrected chi connectivity index (χ0v) is 11.8. The SMILES string of the molecule is C[C@]12C[C@@H]3[C@@H](NC(=O)c4ccc(Br)n43)[C@H]1NC(=O)N2. The summed E-state index contributed by atoms with van der Waals surface area (Å²) in [6.45, 7) is 2.02. The summed E-state index contributed by atoms with van der Waals surface area (Å²) >= 11 is 3.50. The lowest BCUT2D eigenvalue weighted by atomic mass is 9.97. The van der Waals surface area contributed by atoms with Crippen LogP contribution in [0.1, 0.15) is 29.9 Å². The van der Waals surface area contributed by atoms with E-state index in [1.54, 1.807) is 0 Å². The first-order chi connectivity index (χ1) is 8.99. The highest BCUT2D eigenvalue weighted by atomic mass is 79.9. The van der Waals surface area contributed by atoms with E-state index in [4.69, 9.17) is 0 Å². The number of nitrogens with zero attached hydrogens (tertiary/aromatic N) is 1. The Morgan fingerprint density at radius 1 is 1.37 bits per heavy atom. The number of carbonyl (C=O) groups excluding carboxylic acids is 2. The van der Waals surface area contributed by atoms with Crippen molar-refractivity contribution in [3.05, 3.63) is 22.4 Å². The molecule has 1 aromatic heterocycles. The minimum atomic E-state index is -0.314. The number of hydrogen-bond donors (Lipinski definition) is 3. The molecule has 100 valence electrons. The van der Waals surface area contributed by atoms with Gasteiger partial charge in [0.15, 0.2) is 0 Å². The first kappa shape index (κ1) is 11.3. The van der Waals surface area contributed by atoms with E-state index in [0.717, 1.165) is 11.0 Å². The van der Waals surface area contributed by atoms with Crippen LogP contribution in [-0.2, 0) is 0 Å². The van der Waals surface area contributed by atoms with Gasteiger partial charge in [0.05, 0.1) is 28.3 Å². The molecule has 0 aromatic carbocycles. The van der Waals surface area contributed by atoms with Gasteiger partial charge in [-0.2, -0.15) is 0 Å². The van der Waals surface area contributed by atoms with Gasteiger partial charge in [0.1, 0.15) is 5.69 Å². The molecule has 6 nitrogen and oxygen atoms in total. The van der Waals surface area contributed by atoms with Crippen molar-refractivity contribution < 1.29 is 9.59 Å². The molecule has 2 fully saturated rings. The van der Waals surface area contributed by atoms with E-state index < -0.39 is 0 Å². The molecule has 1 saturated heterocycles. The van der Waals surface area contributed by atoms with Gasteiger partial charge in [0, 0.05) is 0 Å². The first-order valence-corrected chi connectivity index (χ1v) is 7.05. The van der Waals surface area contributed by atoms with Crippen LogP contribution in [0.2, 0.25) is 0 Å². The van der Waals surface area contributed by atoms with E-state index >= 15 is 0 Å². The van der Waals surface area contributed by atoms with E-state index in [1.165, 1.54) is 0 Å². The van der Waals surface area contributed by atoms with Gasteiger partial charge in [-0.1, -0.05) is 0 Å². The molecule has 7 heteroatoms. The minimum Gasteiger partial charge on any atom is -0.344 e. The third-order valence-electron chi connectivity index (χ3n) is 4.51. The molecule has 4 rings (SSSR count). The lowest BCUT2D eigenvalue weighted by Crippen LogP contribution is -2.55. The summed E-state index contributed by atoms with van der Waals surface area (Å²) in [6.07, 6.45) is 0.793. The molecule has 1 aliphatic carbocycles. The van der Waals surface area contributed by atoms with Crippen molar-refractivity contribution in [2.45, 2.75) is 37.0 Å². The van der Waals surface area contributed by atoms with Gasteiger partial charge in [0.2, 0.25) is 0 Å². The van der Waals surface area contributed by atoms with Crippen molar-refractivity contribution in [3.63, 3.8) is 0 Å². The second-order valence-corrected chi connectivity index (χ2v) is 6.49. The van der Waals surface area contributed by atoms with Crippen LogP contribution in [-0.4, -0.2) is 34.1 Å². The number of halogens is 1. The Morgan fingerprint density at radius 3 is 2.95 bits per heavy atom. The Labute approximate surface area is 118 Å². The van der Waals surface area contributed by atoms with Crippen LogP contribution in [0.4, 0.5) is 4.79 Å². The van der Waals surface area contributed by atoms with Gasteiger partial charge in [-0.3, -0.25) is 4.79 Å². The Bertz CT molecular complexity index is 613. The smallest absolute Gasteiger partial charge is 0.315 e. The highest BCUT2D eigenvalue weighted by Gasteiger charge is 2.58. The number of aromatic nitrogens is 1. The number of urea groups is 1. The summed E-state index contributed by atoms with van der Waals surface area (Å²) < 4.78 is 2.93. The maximum Gasteiger partial charge on any atom is 0.315 e. The van der Waals surface area contributed by atoms with Crippen molar-refractivity contribution in [3.8, 4) is 0 Å². The molecule has 3 aliphatic rings. The average Bonchev–Trinajstić information content (AvgIpc) is 2.91. The van der Waals surface area contributed by atoms with E-state index in [0.29, 0.717) is 5.69 Å². The fourth-order valence-corrected chi connectivity index (χ4v) is 4.31. The van der Waals surface area contributed by atoms with Crippen LogP contribution in [0, 0.1) is 0 Å². The molecule has 3 N–H and O–H groups in total. The molecule has 0 unspecified atom stereocenters. The molecule has 0 spiro atoms. The minimum absolute atomic E-state index is 0.0728. The second-order valence-electron chi connectivity index (χ2n) is 5.68. The van der Waals surface area contributed by atoms with E-state index in [-0.39, 0.29) is 35.6 Å². The van der Waals surface area contributed by atoms with Crippen LogP contribution in [0.5, 0.6) is 0 Å². The average molecular weight is 325 g/mol. The van der Waals surface area contributed by atoms with Crippen molar-refractivity contribution in [1.82, 2.24) is 20.5 Å². The second kappa shape index (κ2) is 3.33.